The standard InChI is InChI=1S/C9H14O4/c1-2-13-9(7-11)5-3-4-8(9,12)6-10/h6-7,12H,2-5H2,1H3/t8-,9-/m0/s1. The Morgan fingerprint density at radius 3 is 2.54 bits per heavy atom. The van der Waals surface area contributed by atoms with Crippen molar-refractivity contribution in [2.24, 2.45) is 0 Å². The van der Waals surface area contributed by atoms with Crippen molar-refractivity contribution >= 4 is 12.6 Å². The van der Waals surface area contributed by atoms with Crippen LogP contribution in [0.4, 0.5) is 0 Å². The number of hydrogen-bond donors (Lipinski definition) is 1. The number of ether oxygens (including phenoxy) is 1. The second-order valence-corrected chi connectivity index (χ2v) is 3.34. The van der Waals surface area contributed by atoms with E-state index in [1.54, 1.807) is 6.92 Å². The first kappa shape index (κ1) is 10.3. The Kier molecular flexibility index (Phi) is 2.83. The van der Waals surface area contributed by atoms with Crippen LogP contribution in [0, 0.1) is 0 Å². The largest absolute Gasteiger partial charge is 0.379 e. The monoisotopic (exact) mass is 186 g/mol. The number of aliphatic hydroxyl groups is 1. The van der Waals surface area contributed by atoms with Gasteiger partial charge in [0.15, 0.2) is 23.8 Å². The van der Waals surface area contributed by atoms with E-state index < -0.39 is 11.2 Å². The summed E-state index contributed by atoms with van der Waals surface area (Å²) in [6, 6.07) is 0. The van der Waals surface area contributed by atoms with Crippen molar-refractivity contribution in [2.45, 2.75) is 37.4 Å². The van der Waals surface area contributed by atoms with Crippen LogP contribution in [-0.2, 0) is 14.3 Å². The molecule has 1 aliphatic carbocycles. The molecule has 0 saturated heterocycles. The average Bonchev–Trinajstić information content (AvgIpc) is 2.46. The lowest BCUT2D eigenvalue weighted by Gasteiger charge is -2.33. The third kappa shape index (κ3) is 1.40. The molecule has 1 rings (SSSR count). The van der Waals surface area contributed by atoms with Crippen molar-refractivity contribution in [2.75, 3.05) is 6.61 Å². The molecule has 0 aromatic carbocycles. The van der Waals surface area contributed by atoms with Gasteiger partial charge in [0.05, 0.1) is 0 Å². The number of carbonyl (C=O) groups is 2. The zero-order chi connectivity index (χ0) is 9.95. The van der Waals surface area contributed by atoms with Gasteiger partial charge in [0.2, 0.25) is 0 Å². The summed E-state index contributed by atoms with van der Waals surface area (Å²) in [5.41, 5.74) is -2.92. The van der Waals surface area contributed by atoms with E-state index in [0.717, 1.165) is 0 Å². The normalized spacial score (nSPS) is 38.9. The maximum atomic E-state index is 10.8. The van der Waals surface area contributed by atoms with Gasteiger partial charge in [0.1, 0.15) is 0 Å². The Morgan fingerprint density at radius 2 is 2.08 bits per heavy atom. The van der Waals surface area contributed by atoms with Gasteiger partial charge in [-0.05, 0) is 26.2 Å². The van der Waals surface area contributed by atoms with Crippen molar-refractivity contribution in [1.82, 2.24) is 0 Å². The molecule has 13 heavy (non-hydrogen) atoms. The third-order valence-electron chi connectivity index (χ3n) is 2.63. The SMILES string of the molecule is CCO[C@]1(C=O)CCC[C@]1(O)C=O. The van der Waals surface area contributed by atoms with Crippen molar-refractivity contribution in [3.63, 3.8) is 0 Å². The van der Waals surface area contributed by atoms with E-state index in [2.05, 4.69) is 0 Å². The van der Waals surface area contributed by atoms with Crippen LogP contribution in [0.2, 0.25) is 0 Å². The van der Waals surface area contributed by atoms with E-state index in [-0.39, 0.29) is 0 Å². The minimum absolute atomic E-state index is 0.301. The van der Waals surface area contributed by atoms with Crippen LogP contribution in [0.3, 0.4) is 0 Å². The van der Waals surface area contributed by atoms with Crippen LogP contribution >= 0.6 is 0 Å². The van der Waals surface area contributed by atoms with Crippen molar-refractivity contribution in [3.8, 4) is 0 Å². The smallest absolute Gasteiger partial charge is 0.158 e. The van der Waals surface area contributed by atoms with E-state index in [4.69, 9.17) is 4.74 Å². The van der Waals surface area contributed by atoms with Gasteiger partial charge in [-0.15, -0.1) is 0 Å². The number of carbonyl (C=O) groups excluding carboxylic acids is 2. The maximum absolute atomic E-state index is 10.8. The van der Waals surface area contributed by atoms with Gasteiger partial charge in [0, 0.05) is 6.61 Å². The summed E-state index contributed by atoms with van der Waals surface area (Å²) >= 11 is 0. The summed E-state index contributed by atoms with van der Waals surface area (Å²) in [7, 11) is 0. The molecule has 0 heterocycles. The summed E-state index contributed by atoms with van der Waals surface area (Å²) in [4.78, 5) is 21.5. The van der Waals surface area contributed by atoms with Crippen LogP contribution < -0.4 is 0 Å². The molecule has 2 atom stereocenters. The summed E-state index contributed by atoms with van der Waals surface area (Å²) in [6.07, 6.45) is 2.32. The van der Waals surface area contributed by atoms with Crippen molar-refractivity contribution in [1.29, 1.82) is 0 Å². The summed E-state index contributed by atoms with van der Waals surface area (Å²) in [6.45, 7) is 2.05. The second-order valence-electron chi connectivity index (χ2n) is 3.34. The Bertz CT molecular complexity index is 216. The van der Waals surface area contributed by atoms with E-state index in [0.29, 0.717) is 38.4 Å². The van der Waals surface area contributed by atoms with Crippen LogP contribution in [-0.4, -0.2) is 35.5 Å². The quantitative estimate of drug-likeness (QED) is 0.631. The lowest BCUT2D eigenvalue weighted by atomic mass is 9.88. The predicted molar refractivity (Wildman–Crippen MR) is 45.3 cm³/mol. The molecule has 0 spiro atoms. The van der Waals surface area contributed by atoms with E-state index in [1.165, 1.54) is 0 Å². The molecule has 1 fully saturated rings. The molecule has 0 aliphatic heterocycles. The Hall–Kier alpha value is -0.740. The fourth-order valence-corrected chi connectivity index (χ4v) is 1.86. The molecule has 0 radical (unpaired) electrons. The molecule has 0 aromatic rings. The average molecular weight is 186 g/mol. The second kappa shape index (κ2) is 3.55. The van der Waals surface area contributed by atoms with Gasteiger partial charge in [-0.2, -0.15) is 0 Å². The maximum Gasteiger partial charge on any atom is 0.158 e. The molecular weight excluding hydrogens is 172 g/mol. The molecule has 0 bridgehead atoms. The van der Waals surface area contributed by atoms with Crippen molar-refractivity contribution in [3.05, 3.63) is 0 Å². The number of aldehydes is 2. The molecule has 0 aromatic heterocycles. The minimum atomic E-state index is -1.62. The molecule has 4 nitrogen and oxygen atoms in total. The number of hydrogen-bond acceptors (Lipinski definition) is 4. The van der Waals surface area contributed by atoms with Crippen LogP contribution in [0.5, 0.6) is 0 Å². The van der Waals surface area contributed by atoms with Gasteiger partial charge < -0.3 is 14.6 Å². The summed E-state index contributed by atoms with van der Waals surface area (Å²) in [5, 5.41) is 9.82. The lowest BCUT2D eigenvalue weighted by Crippen LogP contribution is -2.54. The van der Waals surface area contributed by atoms with Gasteiger partial charge >= 0.3 is 0 Å². The fourth-order valence-electron chi connectivity index (χ4n) is 1.86. The number of rotatable bonds is 4. The lowest BCUT2D eigenvalue weighted by molar-refractivity contribution is -0.171. The van der Waals surface area contributed by atoms with Gasteiger partial charge in [0.25, 0.3) is 0 Å². The zero-order valence-corrected chi connectivity index (χ0v) is 7.66. The van der Waals surface area contributed by atoms with Gasteiger partial charge in [-0.1, -0.05) is 0 Å². The molecule has 0 amide bonds. The van der Waals surface area contributed by atoms with Gasteiger partial charge in [-0.3, -0.25) is 4.79 Å². The molecule has 1 saturated carbocycles. The fraction of sp³-hybridized carbons (Fsp3) is 0.778. The Morgan fingerprint density at radius 1 is 1.38 bits per heavy atom. The molecule has 0 unspecified atom stereocenters. The molecule has 4 heteroatoms. The third-order valence-corrected chi connectivity index (χ3v) is 2.63. The van der Waals surface area contributed by atoms with Crippen LogP contribution in [0.25, 0.3) is 0 Å². The van der Waals surface area contributed by atoms with E-state index >= 15 is 0 Å². The molecule has 74 valence electrons. The highest BCUT2D eigenvalue weighted by Gasteiger charge is 2.55. The highest BCUT2D eigenvalue weighted by molar-refractivity contribution is 5.78. The first-order valence-corrected chi connectivity index (χ1v) is 4.43. The predicted octanol–water partition coefficient (Wildman–Crippen LogP) is 0.0745. The zero-order valence-electron chi connectivity index (χ0n) is 7.66. The highest BCUT2D eigenvalue weighted by atomic mass is 16.5. The molecule has 1 aliphatic rings. The van der Waals surface area contributed by atoms with Crippen LogP contribution in [0.15, 0.2) is 0 Å². The molecular formula is C9H14O4. The first-order valence-electron chi connectivity index (χ1n) is 4.43. The summed E-state index contributed by atoms with van der Waals surface area (Å²) in [5.74, 6) is 0. The van der Waals surface area contributed by atoms with E-state index in [9.17, 15) is 14.7 Å². The van der Waals surface area contributed by atoms with Gasteiger partial charge in [-0.25, -0.2) is 0 Å². The Balaban J connectivity index is 2.95. The Labute approximate surface area is 76.9 Å². The van der Waals surface area contributed by atoms with Crippen molar-refractivity contribution < 1.29 is 19.4 Å². The topological polar surface area (TPSA) is 63.6 Å². The minimum Gasteiger partial charge on any atom is -0.379 e. The highest BCUT2D eigenvalue weighted by Crippen LogP contribution is 2.39. The first-order chi connectivity index (χ1) is 6.14. The van der Waals surface area contributed by atoms with E-state index in [1.807, 2.05) is 0 Å². The summed E-state index contributed by atoms with van der Waals surface area (Å²) < 4.78 is 5.20. The molecule has 1 N–H and O–H groups in total. The van der Waals surface area contributed by atoms with Crippen LogP contribution in [0.1, 0.15) is 26.2 Å².